The van der Waals surface area contributed by atoms with Gasteiger partial charge in [0.25, 0.3) is 0 Å². The van der Waals surface area contributed by atoms with Gasteiger partial charge in [0.1, 0.15) is 0 Å². The van der Waals surface area contributed by atoms with Crippen molar-refractivity contribution in [2.24, 2.45) is 11.7 Å². The molecule has 0 radical (unpaired) electrons. The maximum absolute atomic E-state index is 11.4. The molecule has 0 heterocycles. The number of nitrogens with two attached hydrogens (primary N) is 1. The van der Waals surface area contributed by atoms with E-state index >= 15 is 0 Å². The number of carbonyl (C=O) groups excluding carboxylic acids is 2. The highest BCUT2D eigenvalue weighted by Gasteiger charge is 2.29. The zero-order valence-electron chi connectivity index (χ0n) is 10.1. The zero-order valence-corrected chi connectivity index (χ0v) is 10.1. The van der Waals surface area contributed by atoms with Crippen molar-refractivity contribution in [1.82, 2.24) is 10.6 Å². The van der Waals surface area contributed by atoms with Gasteiger partial charge >= 0.3 is 5.97 Å². The zero-order chi connectivity index (χ0) is 13.5. The molecule has 0 aromatic rings. The summed E-state index contributed by atoms with van der Waals surface area (Å²) >= 11 is 0. The van der Waals surface area contributed by atoms with Gasteiger partial charge in [-0.1, -0.05) is 0 Å². The van der Waals surface area contributed by atoms with Crippen molar-refractivity contribution in [2.45, 2.75) is 31.7 Å². The van der Waals surface area contributed by atoms with E-state index in [9.17, 15) is 14.4 Å². The summed E-state index contributed by atoms with van der Waals surface area (Å²) in [7, 11) is 0. The van der Waals surface area contributed by atoms with Crippen LogP contribution in [0.5, 0.6) is 0 Å². The summed E-state index contributed by atoms with van der Waals surface area (Å²) in [5.74, 6) is -1.19. The van der Waals surface area contributed by atoms with Crippen LogP contribution in [-0.4, -0.2) is 42.0 Å². The van der Waals surface area contributed by atoms with Gasteiger partial charge in [-0.25, -0.2) is 0 Å². The van der Waals surface area contributed by atoms with Gasteiger partial charge in [-0.15, -0.1) is 0 Å². The number of carboxylic acid groups (broad SMARTS) is 1. The summed E-state index contributed by atoms with van der Waals surface area (Å²) in [6, 6.07) is -0.819. The van der Waals surface area contributed by atoms with Gasteiger partial charge in [-0.2, -0.15) is 0 Å². The minimum absolute atomic E-state index is 0.0272. The first-order valence-electron chi connectivity index (χ1n) is 6.03. The van der Waals surface area contributed by atoms with Crippen LogP contribution >= 0.6 is 0 Å². The minimum Gasteiger partial charge on any atom is -0.481 e. The van der Waals surface area contributed by atoms with E-state index in [1.807, 2.05) is 0 Å². The van der Waals surface area contributed by atoms with Crippen LogP contribution in [0.4, 0.5) is 0 Å². The van der Waals surface area contributed by atoms with E-state index in [2.05, 4.69) is 10.6 Å². The summed E-state index contributed by atoms with van der Waals surface area (Å²) < 4.78 is 0. The van der Waals surface area contributed by atoms with Crippen molar-refractivity contribution < 1.29 is 19.5 Å². The average Bonchev–Trinajstić information content (AvgIpc) is 3.14. The number of carboxylic acids is 1. The number of hydrogen-bond acceptors (Lipinski definition) is 4. The molecule has 102 valence electrons. The molecular formula is C11H19N3O4. The van der Waals surface area contributed by atoms with Gasteiger partial charge < -0.3 is 21.5 Å². The summed E-state index contributed by atoms with van der Waals surface area (Å²) in [6.07, 6.45) is 1.86. The quantitative estimate of drug-likeness (QED) is 0.408. The molecule has 0 aromatic carbocycles. The average molecular weight is 257 g/mol. The highest BCUT2D eigenvalue weighted by molar-refractivity contribution is 5.82. The lowest BCUT2D eigenvalue weighted by atomic mass is 10.1. The van der Waals surface area contributed by atoms with E-state index in [0.29, 0.717) is 13.1 Å². The first kappa shape index (κ1) is 14.4. The summed E-state index contributed by atoms with van der Waals surface area (Å²) in [5.41, 5.74) is 5.50. The highest BCUT2D eigenvalue weighted by atomic mass is 16.4. The topological polar surface area (TPSA) is 122 Å². The number of aliphatic carboxylic acids is 1. The van der Waals surface area contributed by atoms with Gasteiger partial charge in [-0.05, 0) is 19.3 Å². The summed E-state index contributed by atoms with van der Waals surface area (Å²) in [5, 5.41) is 13.7. The van der Waals surface area contributed by atoms with Crippen LogP contribution in [0.1, 0.15) is 25.7 Å². The number of nitrogens with one attached hydrogen (secondary N) is 2. The largest absolute Gasteiger partial charge is 0.481 e. The Morgan fingerprint density at radius 2 is 1.83 bits per heavy atom. The van der Waals surface area contributed by atoms with Gasteiger partial charge in [0.15, 0.2) is 0 Å². The molecule has 1 unspecified atom stereocenters. The Morgan fingerprint density at radius 3 is 2.39 bits per heavy atom. The molecule has 0 aliphatic heterocycles. The molecule has 1 aliphatic rings. The second-order valence-electron chi connectivity index (χ2n) is 4.40. The van der Waals surface area contributed by atoms with Gasteiger partial charge in [0.2, 0.25) is 11.8 Å². The smallest absolute Gasteiger partial charge is 0.303 e. The predicted molar refractivity (Wildman–Crippen MR) is 63.6 cm³/mol. The third kappa shape index (κ3) is 5.62. The Hall–Kier alpha value is -1.63. The first-order valence-corrected chi connectivity index (χ1v) is 6.03. The number of carbonyl (C=O) groups is 3. The normalized spacial score (nSPS) is 15.8. The predicted octanol–water partition coefficient (Wildman–Crippen LogP) is -1.18. The molecule has 5 N–H and O–H groups in total. The Labute approximate surface area is 105 Å². The SMILES string of the molecule is NC(CCC(=O)O)C(=O)NCCNC(=O)C1CC1. The van der Waals surface area contributed by atoms with E-state index in [0.717, 1.165) is 12.8 Å². The van der Waals surface area contributed by atoms with Crippen molar-refractivity contribution in [1.29, 1.82) is 0 Å². The second kappa shape index (κ2) is 6.95. The molecule has 0 aromatic heterocycles. The lowest BCUT2D eigenvalue weighted by Gasteiger charge is -2.11. The fraction of sp³-hybridized carbons (Fsp3) is 0.727. The monoisotopic (exact) mass is 257 g/mol. The molecule has 0 bridgehead atoms. The third-order valence-corrected chi connectivity index (χ3v) is 2.68. The van der Waals surface area contributed by atoms with Crippen LogP contribution in [0.3, 0.4) is 0 Å². The third-order valence-electron chi connectivity index (χ3n) is 2.68. The molecule has 2 amide bonds. The van der Waals surface area contributed by atoms with E-state index in [4.69, 9.17) is 10.8 Å². The van der Waals surface area contributed by atoms with Gasteiger partial charge in [0.05, 0.1) is 6.04 Å². The van der Waals surface area contributed by atoms with Gasteiger partial charge in [-0.3, -0.25) is 14.4 Å². The molecule has 0 saturated heterocycles. The van der Waals surface area contributed by atoms with E-state index in [-0.39, 0.29) is 24.7 Å². The number of hydrogen-bond donors (Lipinski definition) is 4. The molecule has 1 saturated carbocycles. The molecular weight excluding hydrogens is 238 g/mol. The lowest BCUT2D eigenvalue weighted by Crippen LogP contribution is -2.43. The van der Waals surface area contributed by atoms with E-state index < -0.39 is 17.9 Å². The molecule has 7 heteroatoms. The van der Waals surface area contributed by atoms with E-state index in [1.165, 1.54) is 0 Å². The van der Waals surface area contributed by atoms with Crippen LogP contribution < -0.4 is 16.4 Å². The van der Waals surface area contributed by atoms with Crippen LogP contribution in [0.25, 0.3) is 0 Å². The standard InChI is InChI=1S/C11H19N3O4/c12-8(3-4-9(15)16)11(18)14-6-5-13-10(17)7-1-2-7/h7-8H,1-6,12H2,(H,13,17)(H,14,18)(H,15,16). The molecule has 7 nitrogen and oxygen atoms in total. The van der Waals surface area contributed by atoms with Gasteiger partial charge in [0, 0.05) is 25.4 Å². The second-order valence-corrected chi connectivity index (χ2v) is 4.40. The maximum atomic E-state index is 11.4. The number of amides is 2. The fourth-order valence-electron chi connectivity index (χ4n) is 1.40. The van der Waals surface area contributed by atoms with Crippen molar-refractivity contribution in [3.8, 4) is 0 Å². The van der Waals surface area contributed by atoms with Crippen molar-refractivity contribution in [2.75, 3.05) is 13.1 Å². The Balaban J connectivity index is 2.04. The Bertz CT molecular complexity index is 328. The minimum atomic E-state index is -0.977. The van der Waals surface area contributed by atoms with Crippen molar-refractivity contribution in [3.05, 3.63) is 0 Å². The van der Waals surface area contributed by atoms with Crippen molar-refractivity contribution in [3.63, 3.8) is 0 Å². The molecule has 0 spiro atoms. The Kier molecular flexibility index (Phi) is 5.57. The van der Waals surface area contributed by atoms with Crippen molar-refractivity contribution >= 4 is 17.8 Å². The molecule has 1 fully saturated rings. The summed E-state index contributed by atoms with van der Waals surface area (Å²) in [4.78, 5) is 32.9. The fourth-order valence-corrected chi connectivity index (χ4v) is 1.40. The van der Waals surface area contributed by atoms with Crippen LogP contribution in [0, 0.1) is 5.92 Å². The molecule has 1 aliphatic carbocycles. The van der Waals surface area contributed by atoms with Crippen LogP contribution in [0.15, 0.2) is 0 Å². The van der Waals surface area contributed by atoms with E-state index in [1.54, 1.807) is 0 Å². The highest BCUT2D eigenvalue weighted by Crippen LogP contribution is 2.28. The Morgan fingerprint density at radius 1 is 1.22 bits per heavy atom. The summed E-state index contributed by atoms with van der Waals surface area (Å²) in [6.45, 7) is 0.671. The molecule has 18 heavy (non-hydrogen) atoms. The molecule has 1 rings (SSSR count). The molecule has 1 atom stereocenters. The van der Waals surface area contributed by atoms with Crippen LogP contribution in [0.2, 0.25) is 0 Å². The lowest BCUT2D eigenvalue weighted by molar-refractivity contribution is -0.137. The van der Waals surface area contributed by atoms with Crippen LogP contribution in [-0.2, 0) is 14.4 Å². The number of rotatable bonds is 8. The first-order chi connectivity index (χ1) is 8.50. The maximum Gasteiger partial charge on any atom is 0.303 e.